The average molecular weight is 549 g/mol. The van der Waals surface area contributed by atoms with Crippen molar-refractivity contribution in [1.82, 2.24) is 9.80 Å². The lowest BCUT2D eigenvalue weighted by Crippen LogP contribution is -2.48. The van der Waals surface area contributed by atoms with Crippen LogP contribution < -0.4 is 28.7 Å². The summed E-state index contributed by atoms with van der Waals surface area (Å²) in [5.41, 5.74) is 3.28. The van der Waals surface area contributed by atoms with E-state index < -0.39 is 0 Å². The Balaban J connectivity index is 1.74. The highest BCUT2D eigenvalue weighted by molar-refractivity contribution is 6.35. The van der Waals surface area contributed by atoms with E-state index in [1.807, 2.05) is 36.4 Å². The molecule has 1 unspecified atom stereocenters. The zero-order valence-corrected chi connectivity index (χ0v) is 23.8. The summed E-state index contributed by atoms with van der Waals surface area (Å²) in [6.45, 7) is 3.27. The maximum Gasteiger partial charge on any atom is 0.166 e. The van der Waals surface area contributed by atoms with Gasteiger partial charge in [-0.2, -0.15) is 0 Å². The summed E-state index contributed by atoms with van der Waals surface area (Å²) in [5, 5.41) is 4.86. The van der Waals surface area contributed by atoms with E-state index in [0.29, 0.717) is 16.6 Å². The number of likely N-dealkylation sites (N-methyl/N-ethyl adjacent to an activating group) is 1. The number of quaternary nitrogens is 1. The molecule has 8 heteroatoms. The summed E-state index contributed by atoms with van der Waals surface area (Å²) in [7, 11) is 8.89. The van der Waals surface area contributed by atoms with E-state index in [1.54, 1.807) is 28.4 Å². The van der Waals surface area contributed by atoms with Crippen LogP contribution in [0.4, 0.5) is 5.69 Å². The Morgan fingerprint density at radius 1 is 0.730 bits per heavy atom. The number of methoxy groups -OCH3 is 4. The lowest BCUT2D eigenvalue weighted by Gasteiger charge is -2.35. The summed E-state index contributed by atoms with van der Waals surface area (Å²) in [5.74, 6) is 2.91. The SMILES string of the molecule is COc1ccc(CC[N+](C)(CCCNCc2c(Cl)cccc2Cl)c2ccc(OC)c(OC)c2)cc1OC. The van der Waals surface area contributed by atoms with Crippen molar-refractivity contribution >= 4 is 28.9 Å². The van der Waals surface area contributed by atoms with Gasteiger partial charge in [-0.15, -0.1) is 0 Å². The van der Waals surface area contributed by atoms with E-state index in [4.69, 9.17) is 42.1 Å². The van der Waals surface area contributed by atoms with Crippen LogP contribution in [0.15, 0.2) is 54.6 Å². The first kappa shape index (κ1) is 28.9. The Morgan fingerprint density at radius 3 is 1.95 bits per heavy atom. The molecule has 0 spiro atoms. The van der Waals surface area contributed by atoms with Gasteiger partial charge in [0.25, 0.3) is 0 Å². The molecule has 0 aliphatic heterocycles. The molecule has 0 bridgehead atoms. The molecule has 0 saturated heterocycles. The van der Waals surface area contributed by atoms with Gasteiger partial charge >= 0.3 is 0 Å². The molecular weight excluding hydrogens is 511 g/mol. The monoisotopic (exact) mass is 547 g/mol. The van der Waals surface area contributed by atoms with Gasteiger partial charge in [0.15, 0.2) is 23.0 Å². The van der Waals surface area contributed by atoms with E-state index in [0.717, 1.165) is 71.2 Å². The average Bonchev–Trinajstić information content (AvgIpc) is 2.92. The van der Waals surface area contributed by atoms with Crippen molar-refractivity contribution in [3.63, 3.8) is 0 Å². The topological polar surface area (TPSA) is 49.0 Å². The highest BCUT2D eigenvalue weighted by Gasteiger charge is 2.26. The quantitative estimate of drug-likeness (QED) is 0.187. The smallest absolute Gasteiger partial charge is 0.166 e. The number of hydrogen-bond donors (Lipinski definition) is 1. The predicted molar refractivity (Wildman–Crippen MR) is 153 cm³/mol. The molecule has 0 amide bonds. The molecule has 0 saturated carbocycles. The fourth-order valence-corrected chi connectivity index (χ4v) is 4.94. The fourth-order valence-electron chi connectivity index (χ4n) is 4.41. The van der Waals surface area contributed by atoms with Crippen molar-refractivity contribution in [2.45, 2.75) is 19.4 Å². The van der Waals surface area contributed by atoms with Crippen LogP contribution in [0.2, 0.25) is 10.0 Å². The van der Waals surface area contributed by atoms with Crippen molar-refractivity contribution in [3.05, 3.63) is 75.8 Å². The van der Waals surface area contributed by atoms with Crippen LogP contribution >= 0.6 is 23.2 Å². The molecule has 0 aliphatic carbocycles. The Kier molecular flexibility index (Phi) is 10.8. The van der Waals surface area contributed by atoms with Gasteiger partial charge in [-0.25, -0.2) is 0 Å². The normalized spacial score (nSPS) is 12.6. The van der Waals surface area contributed by atoms with E-state index in [2.05, 4.69) is 30.6 Å². The molecule has 0 aromatic heterocycles. The van der Waals surface area contributed by atoms with Crippen molar-refractivity contribution in [2.75, 3.05) is 55.1 Å². The lowest BCUT2D eigenvalue weighted by atomic mass is 10.1. The number of hydrogen-bond acceptors (Lipinski definition) is 5. The third kappa shape index (κ3) is 7.45. The minimum absolute atomic E-state index is 0.629. The van der Waals surface area contributed by atoms with Crippen LogP contribution in [0, 0.1) is 0 Å². The zero-order valence-electron chi connectivity index (χ0n) is 22.3. The van der Waals surface area contributed by atoms with Crippen LogP contribution in [-0.4, -0.2) is 55.1 Å². The Morgan fingerprint density at radius 2 is 1.32 bits per heavy atom. The molecule has 3 aromatic carbocycles. The standard InChI is InChI=1S/C29H37Cl2N2O4/c1-33(22-11-13-27(35-3)29(19-22)37-5,17-14-21-10-12-26(34-2)28(18-21)36-4)16-7-15-32-20-23-24(30)8-6-9-25(23)31/h6,8-13,18-19,32H,7,14-17,20H2,1-5H3/q+1. The number of nitrogens with one attached hydrogen (secondary N) is 1. The van der Waals surface area contributed by atoms with Crippen LogP contribution in [0.5, 0.6) is 23.0 Å². The van der Waals surface area contributed by atoms with Crippen molar-refractivity contribution in [1.29, 1.82) is 0 Å². The van der Waals surface area contributed by atoms with Crippen LogP contribution in [-0.2, 0) is 13.0 Å². The lowest BCUT2D eigenvalue weighted by molar-refractivity contribution is 0.319. The summed E-state index contributed by atoms with van der Waals surface area (Å²) in [6.07, 6.45) is 1.83. The molecule has 6 nitrogen and oxygen atoms in total. The summed E-state index contributed by atoms with van der Waals surface area (Å²) < 4.78 is 22.7. The molecule has 1 atom stereocenters. The number of benzene rings is 3. The second-order valence-electron chi connectivity index (χ2n) is 9.05. The zero-order chi connectivity index (χ0) is 26.8. The molecule has 200 valence electrons. The van der Waals surface area contributed by atoms with Gasteiger partial charge < -0.3 is 24.3 Å². The van der Waals surface area contributed by atoms with Gasteiger partial charge in [0.2, 0.25) is 0 Å². The Bertz CT molecular complexity index is 1150. The predicted octanol–water partition coefficient (Wildman–Crippen LogP) is 6.39. The van der Waals surface area contributed by atoms with E-state index >= 15 is 0 Å². The highest BCUT2D eigenvalue weighted by Crippen LogP contribution is 2.35. The number of halogens is 2. The second kappa shape index (κ2) is 13.8. The molecule has 0 aliphatic rings. The van der Waals surface area contributed by atoms with E-state index in [-0.39, 0.29) is 0 Å². The summed E-state index contributed by atoms with van der Waals surface area (Å²) in [4.78, 5) is 0. The second-order valence-corrected chi connectivity index (χ2v) is 9.87. The third-order valence-electron chi connectivity index (χ3n) is 6.70. The Labute approximate surface area is 230 Å². The fraction of sp³-hybridized carbons (Fsp3) is 0.379. The maximum atomic E-state index is 6.32. The van der Waals surface area contributed by atoms with Gasteiger partial charge in [0, 0.05) is 53.7 Å². The van der Waals surface area contributed by atoms with Crippen molar-refractivity contribution in [2.24, 2.45) is 0 Å². The number of ether oxygens (including phenoxy) is 4. The molecular formula is C29H37Cl2N2O4+. The first-order valence-corrected chi connectivity index (χ1v) is 13.0. The third-order valence-corrected chi connectivity index (χ3v) is 7.41. The summed E-state index contributed by atoms with van der Waals surface area (Å²) in [6, 6.07) is 17.8. The molecule has 0 radical (unpaired) electrons. The molecule has 37 heavy (non-hydrogen) atoms. The summed E-state index contributed by atoms with van der Waals surface area (Å²) >= 11 is 12.6. The van der Waals surface area contributed by atoms with Gasteiger partial charge in [0.05, 0.1) is 48.6 Å². The Hall–Kier alpha value is -2.64. The molecule has 3 rings (SSSR count). The molecule has 0 heterocycles. The molecule has 0 fully saturated rings. The minimum atomic E-state index is 0.629. The number of rotatable bonds is 14. The van der Waals surface area contributed by atoms with Gasteiger partial charge in [0.1, 0.15) is 5.69 Å². The van der Waals surface area contributed by atoms with Crippen LogP contribution in [0.1, 0.15) is 17.5 Å². The van der Waals surface area contributed by atoms with Crippen molar-refractivity contribution in [3.8, 4) is 23.0 Å². The van der Waals surface area contributed by atoms with E-state index in [9.17, 15) is 0 Å². The first-order valence-electron chi connectivity index (χ1n) is 12.3. The van der Waals surface area contributed by atoms with Crippen molar-refractivity contribution < 1.29 is 18.9 Å². The maximum absolute atomic E-state index is 6.32. The first-order chi connectivity index (χ1) is 17.8. The van der Waals surface area contributed by atoms with Gasteiger partial charge in [-0.05, 0) is 35.9 Å². The molecule has 1 N–H and O–H groups in total. The van der Waals surface area contributed by atoms with E-state index in [1.165, 1.54) is 5.56 Å². The number of nitrogens with zero attached hydrogens (tertiary/aromatic N) is 1. The van der Waals surface area contributed by atoms with Crippen LogP contribution in [0.25, 0.3) is 0 Å². The van der Waals surface area contributed by atoms with Gasteiger partial charge in [-0.1, -0.05) is 35.3 Å². The van der Waals surface area contributed by atoms with Crippen LogP contribution in [0.3, 0.4) is 0 Å². The van der Waals surface area contributed by atoms with Gasteiger partial charge in [-0.3, -0.25) is 4.48 Å². The highest BCUT2D eigenvalue weighted by atomic mass is 35.5. The largest absolute Gasteiger partial charge is 0.493 e. The minimum Gasteiger partial charge on any atom is -0.493 e. The molecule has 3 aromatic rings.